The van der Waals surface area contributed by atoms with E-state index in [4.69, 9.17) is 10.2 Å². The van der Waals surface area contributed by atoms with E-state index >= 15 is 0 Å². The largest absolute Gasteiger partial charge is 0.468 e. The molecule has 4 rings (SSSR count). The Bertz CT molecular complexity index is 1380. The molecule has 0 saturated carbocycles. The Balaban J connectivity index is 1.48. The van der Waals surface area contributed by atoms with Crippen molar-refractivity contribution in [2.75, 3.05) is 11.1 Å². The van der Waals surface area contributed by atoms with Gasteiger partial charge >= 0.3 is 0 Å². The number of benzene rings is 2. The normalized spacial score (nSPS) is 11.5. The molecule has 0 fully saturated rings. The number of sulfonamides is 1. The second-order valence-electron chi connectivity index (χ2n) is 6.71. The molecule has 170 valence electrons. The van der Waals surface area contributed by atoms with Gasteiger partial charge in [-0.3, -0.25) is 4.79 Å². The second kappa shape index (κ2) is 9.10. The van der Waals surface area contributed by atoms with Crippen LogP contribution in [0.2, 0.25) is 0 Å². The van der Waals surface area contributed by atoms with Gasteiger partial charge in [0.1, 0.15) is 28.1 Å². The summed E-state index contributed by atoms with van der Waals surface area (Å²) < 4.78 is 60.2. The lowest BCUT2D eigenvalue weighted by Crippen LogP contribution is -2.22. The standard InChI is InChI=1S/C21H16F2N4O4S2/c22-15-4-1-5-16(23)17(15)18(28)19-20(24)27-21(32-19)26-12-6-8-14(9-7-12)33(29,30)25-11-13-3-2-10-31-13/h1-10,25H,11,24H2,(H,26,27). The Morgan fingerprint density at radius 2 is 1.76 bits per heavy atom. The van der Waals surface area contributed by atoms with E-state index in [2.05, 4.69) is 15.0 Å². The molecule has 2 aromatic carbocycles. The minimum atomic E-state index is -3.77. The fourth-order valence-electron chi connectivity index (χ4n) is 2.88. The quantitative estimate of drug-likeness (QED) is 0.318. The molecular weight excluding hydrogens is 474 g/mol. The Morgan fingerprint density at radius 3 is 2.39 bits per heavy atom. The van der Waals surface area contributed by atoms with Crippen LogP contribution in [0.25, 0.3) is 0 Å². The number of hydrogen-bond donors (Lipinski definition) is 3. The van der Waals surface area contributed by atoms with Crippen molar-refractivity contribution < 1.29 is 26.4 Å². The average Bonchev–Trinajstić information content (AvgIpc) is 3.42. The van der Waals surface area contributed by atoms with E-state index in [0.29, 0.717) is 11.4 Å². The first-order valence-corrected chi connectivity index (χ1v) is 11.7. The van der Waals surface area contributed by atoms with Crippen LogP contribution in [0, 0.1) is 11.6 Å². The number of aromatic nitrogens is 1. The molecule has 4 N–H and O–H groups in total. The van der Waals surface area contributed by atoms with Gasteiger partial charge in [-0.15, -0.1) is 0 Å². The summed E-state index contributed by atoms with van der Waals surface area (Å²) in [6, 6.07) is 12.2. The number of hydrogen-bond acceptors (Lipinski definition) is 8. The molecule has 0 aliphatic rings. The maximum Gasteiger partial charge on any atom is 0.240 e. The van der Waals surface area contributed by atoms with Gasteiger partial charge in [-0.25, -0.2) is 26.9 Å². The van der Waals surface area contributed by atoms with E-state index in [0.717, 1.165) is 29.5 Å². The molecule has 8 nitrogen and oxygen atoms in total. The molecule has 12 heteroatoms. The van der Waals surface area contributed by atoms with Crippen LogP contribution in [0.3, 0.4) is 0 Å². The van der Waals surface area contributed by atoms with Crippen LogP contribution in [0.5, 0.6) is 0 Å². The summed E-state index contributed by atoms with van der Waals surface area (Å²) in [7, 11) is -3.77. The topological polar surface area (TPSA) is 127 Å². The molecule has 2 heterocycles. The molecule has 0 bridgehead atoms. The highest BCUT2D eigenvalue weighted by molar-refractivity contribution is 7.89. The number of anilines is 3. The number of carbonyl (C=O) groups excluding carboxylic acids is 1. The van der Waals surface area contributed by atoms with Gasteiger partial charge in [0.2, 0.25) is 15.8 Å². The highest BCUT2D eigenvalue weighted by Crippen LogP contribution is 2.31. The zero-order valence-corrected chi connectivity index (χ0v) is 18.3. The molecule has 33 heavy (non-hydrogen) atoms. The second-order valence-corrected chi connectivity index (χ2v) is 9.48. The number of nitrogens with one attached hydrogen (secondary N) is 2. The lowest BCUT2D eigenvalue weighted by Gasteiger charge is -2.07. The predicted molar refractivity (Wildman–Crippen MR) is 119 cm³/mol. The van der Waals surface area contributed by atoms with Crippen molar-refractivity contribution >= 4 is 43.8 Å². The van der Waals surface area contributed by atoms with Gasteiger partial charge in [0.05, 0.1) is 23.3 Å². The van der Waals surface area contributed by atoms with Gasteiger partial charge in [0.25, 0.3) is 0 Å². The Kier molecular flexibility index (Phi) is 6.22. The summed E-state index contributed by atoms with van der Waals surface area (Å²) in [5.41, 5.74) is 5.54. The molecular formula is C21H16F2N4O4S2. The van der Waals surface area contributed by atoms with E-state index < -0.39 is 33.0 Å². The van der Waals surface area contributed by atoms with Crippen molar-refractivity contribution in [3.05, 3.63) is 88.7 Å². The van der Waals surface area contributed by atoms with E-state index in [1.807, 2.05) is 0 Å². The predicted octanol–water partition coefficient (Wildman–Crippen LogP) is 4.05. The first-order chi connectivity index (χ1) is 15.7. The number of thiazole rings is 1. The van der Waals surface area contributed by atoms with Crippen molar-refractivity contribution in [1.29, 1.82) is 0 Å². The average molecular weight is 491 g/mol. The Hall–Kier alpha value is -3.61. The number of nitrogens with zero attached hydrogens (tertiary/aromatic N) is 1. The molecule has 2 aromatic heterocycles. The van der Waals surface area contributed by atoms with Crippen LogP contribution >= 0.6 is 11.3 Å². The molecule has 0 spiro atoms. The highest BCUT2D eigenvalue weighted by atomic mass is 32.2. The van der Waals surface area contributed by atoms with Gasteiger partial charge in [-0.05, 0) is 48.5 Å². The molecule has 4 aromatic rings. The summed E-state index contributed by atoms with van der Waals surface area (Å²) in [4.78, 5) is 16.5. The Labute approximate surface area is 191 Å². The molecule has 0 saturated heterocycles. The van der Waals surface area contributed by atoms with Crippen molar-refractivity contribution in [2.24, 2.45) is 0 Å². The number of rotatable bonds is 8. The third-order valence-corrected chi connectivity index (χ3v) is 6.88. The number of ketones is 1. The van der Waals surface area contributed by atoms with Crippen LogP contribution in [0.4, 0.5) is 25.4 Å². The minimum absolute atomic E-state index is 0.00708. The molecule has 0 aliphatic carbocycles. The van der Waals surface area contributed by atoms with Gasteiger partial charge < -0.3 is 15.5 Å². The fourth-order valence-corrected chi connectivity index (χ4v) is 4.72. The zero-order chi connectivity index (χ0) is 23.6. The van der Waals surface area contributed by atoms with E-state index in [9.17, 15) is 22.0 Å². The maximum atomic E-state index is 13.9. The smallest absolute Gasteiger partial charge is 0.240 e. The molecule has 0 amide bonds. The third-order valence-electron chi connectivity index (χ3n) is 4.48. The summed E-state index contributed by atoms with van der Waals surface area (Å²) in [6.07, 6.45) is 1.45. The number of halogens is 2. The number of carbonyl (C=O) groups is 1. The van der Waals surface area contributed by atoms with Crippen LogP contribution in [0.1, 0.15) is 21.0 Å². The lowest BCUT2D eigenvalue weighted by molar-refractivity contribution is 0.103. The maximum absolute atomic E-state index is 13.9. The first-order valence-electron chi connectivity index (χ1n) is 9.39. The van der Waals surface area contributed by atoms with Crippen molar-refractivity contribution in [1.82, 2.24) is 9.71 Å². The first kappa shape index (κ1) is 22.6. The SMILES string of the molecule is Nc1nc(Nc2ccc(S(=O)(=O)NCc3ccco3)cc2)sc1C(=O)c1c(F)cccc1F. The van der Waals surface area contributed by atoms with E-state index in [1.165, 1.54) is 30.5 Å². The molecule has 0 unspecified atom stereocenters. The van der Waals surface area contributed by atoms with Gasteiger partial charge in [0, 0.05) is 5.69 Å². The van der Waals surface area contributed by atoms with E-state index in [1.54, 1.807) is 12.1 Å². The van der Waals surface area contributed by atoms with Crippen molar-refractivity contribution in [3.8, 4) is 0 Å². The summed E-state index contributed by atoms with van der Waals surface area (Å²) >= 11 is 0.820. The van der Waals surface area contributed by atoms with Gasteiger partial charge in [-0.1, -0.05) is 17.4 Å². The van der Waals surface area contributed by atoms with Crippen LogP contribution in [-0.4, -0.2) is 19.2 Å². The number of furan rings is 1. The summed E-state index contributed by atoms with van der Waals surface area (Å²) in [5, 5.41) is 3.08. The fraction of sp³-hybridized carbons (Fsp3) is 0.0476. The summed E-state index contributed by atoms with van der Waals surface area (Å²) in [5.74, 6) is -2.63. The van der Waals surface area contributed by atoms with Gasteiger partial charge in [0.15, 0.2) is 5.13 Å². The molecule has 0 atom stereocenters. The third kappa shape index (κ3) is 4.92. The van der Waals surface area contributed by atoms with Gasteiger partial charge in [-0.2, -0.15) is 0 Å². The van der Waals surface area contributed by atoms with Crippen LogP contribution < -0.4 is 15.8 Å². The van der Waals surface area contributed by atoms with Crippen LogP contribution in [0.15, 0.2) is 70.2 Å². The zero-order valence-electron chi connectivity index (χ0n) is 16.7. The van der Waals surface area contributed by atoms with Crippen molar-refractivity contribution in [2.45, 2.75) is 11.4 Å². The lowest BCUT2D eigenvalue weighted by atomic mass is 10.1. The van der Waals surface area contributed by atoms with E-state index in [-0.39, 0.29) is 27.3 Å². The van der Waals surface area contributed by atoms with Crippen LogP contribution in [-0.2, 0) is 16.6 Å². The minimum Gasteiger partial charge on any atom is -0.468 e. The molecule has 0 aliphatic heterocycles. The Morgan fingerprint density at radius 1 is 1.06 bits per heavy atom. The number of nitrogen functional groups attached to an aromatic ring is 1. The number of nitrogens with two attached hydrogens (primary N) is 1. The molecule has 0 radical (unpaired) electrons. The van der Waals surface area contributed by atoms with Crippen molar-refractivity contribution in [3.63, 3.8) is 0 Å². The monoisotopic (exact) mass is 490 g/mol. The summed E-state index contributed by atoms with van der Waals surface area (Å²) in [6.45, 7) is 0.00708. The highest BCUT2D eigenvalue weighted by Gasteiger charge is 2.24.